The second-order valence-electron chi connectivity index (χ2n) is 36.5. The molecule has 2 heterocycles. The van der Waals surface area contributed by atoms with Gasteiger partial charge in [0, 0.05) is 160 Å². The third-order valence-electron chi connectivity index (χ3n) is 21.5. The first-order valence-corrected chi connectivity index (χ1v) is 49.3. The first kappa shape index (κ1) is 118. The van der Waals surface area contributed by atoms with Crippen LogP contribution in [0.25, 0.3) is 0 Å². The van der Waals surface area contributed by atoms with Crippen LogP contribution < -0.4 is 76.9 Å². The summed E-state index contributed by atoms with van der Waals surface area (Å²) in [6.07, 6.45) is 12.6. The highest BCUT2D eigenvalue weighted by Gasteiger charge is 2.43. The Morgan fingerprint density at radius 1 is 0.394 bits per heavy atom. The van der Waals surface area contributed by atoms with Gasteiger partial charge >= 0.3 is 23.9 Å². The standard InChI is InChI=1S/C57H81F4N7O10S3.C42H43F8N3O6S2/c1-56(2,79)35-62-33-40(65-36-57(3,4)80)13-7-6-10-24-77-42-18-16-37(17-19-42)53(71)66-41-30-38(29-39(31-41)54(72)78-51-48(60)43(58)32-44(59)49(51)61)52(70)64-21-12-23-75-26-28-76-27-25-74-22-11-20-63-47(69)15-9-5-8-14-46-50-45(34-81-46)67-55(73)68-50;1-41(2,60)20-51-19-25(52-21-42(3,4)61)8-6-5-7-13-57-27-11-9-22(10-12-27)38(54)53-26-15-23(39(55)58-36-32(47)28(43)17-29(44)33(36)48)14-24(16-26)40(56)59-37-34(49)30(45)18-31(46)35(37)50/h16-19,29-32,40,45-46,50,62,65,79-80H,5-15,20-28,33-36H2,1-4H3,(H,63,69)(H,64,70)(H,66,71)(H2,67,68,73);9-12,14-18,25,51-52,60-61H,5-8,13,19-21H2,1-4H3,(H,53,54). The number of ether oxygens (including phenoxy) is 8. The van der Waals surface area contributed by atoms with Gasteiger partial charge in [0.15, 0.2) is 34.9 Å². The Morgan fingerprint density at radius 2 is 0.754 bits per heavy atom. The number of amides is 6. The number of nitrogens with one attached hydrogen (secondary N) is 10. The van der Waals surface area contributed by atoms with Crippen molar-refractivity contribution in [3.05, 3.63) is 206 Å². The van der Waals surface area contributed by atoms with Gasteiger partial charge in [0.05, 0.1) is 68.4 Å². The van der Waals surface area contributed by atoms with Gasteiger partial charge in [0.2, 0.25) is 58.1 Å². The van der Waals surface area contributed by atoms with E-state index in [4.69, 9.17) is 28.4 Å². The Labute approximate surface area is 844 Å². The van der Waals surface area contributed by atoms with Gasteiger partial charge in [0.1, 0.15) is 11.5 Å². The number of thiol groups is 4. The van der Waals surface area contributed by atoms with E-state index in [1.165, 1.54) is 42.5 Å². The fourth-order valence-corrected chi connectivity index (χ4v) is 16.1. The zero-order chi connectivity index (χ0) is 104. The molecule has 2 aliphatic heterocycles. The second kappa shape index (κ2) is 57.9. The SMILES string of the molecule is CC(C)(S)CNCC(CCCCCOc1ccc(C(=O)Nc2cc(C(=O)NCCCOCCOCCOCCCNC(=O)CCCCCC3SCC4NC(=O)NC43)cc(C(=O)Oc3c(F)c(F)cc(F)c3F)c2)cc1)NCC(C)(C)S.CC(C)(S)CNCC(CCCCCOc1ccc(C(=O)Nc2cc(C(=O)Oc3c(F)c(F)cc(F)c3F)cc(C(=O)Oc3c(F)c(F)cc(F)c3F)c2)cc1)NCC(C)(C)S. The molecule has 0 aromatic heterocycles. The number of fused-ring (bicyclic) bond motifs is 1. The average molecular weight is 2100 g/mol. The van der Waals surface area contributed by atoms with E-state index in [0.29, 0.717) is 88.3 Å². The molecule has 7 aromatic rings. The van der Waals surface area contributed by atoms with E-state index in [2.05, 4.69) is 141 Å². The van der Waals surface area contributed by atoms with E-state index in [-0.39, 0.29) is 115 Å². The molecule has 10 N–H and O–H groups in total. The molecule has 2 fully saturated rings. The van der Waals surface area contributed by atoms with Crippen LogP contribution >= 0.6 is 62.3 Å². The van der Waals surface area contributed by atoms with E-state index in [1.807, 2.05) is 39.5 Å². The predicted octanol–water partition coefficient (Wildman–Crippen LogP) is 17.8. The van der Waals surface area contributed by atoms with E-state index < -0.39 is 145 Å². The smallest absolute Gasteiger partial charge is 0.343 e. The summed E-state index contributed by atoms with van der Waals surface area (Å²) in [5.41, 5.74) is -2.59. The molecule has 780 valence electrons. The minimum atomic E-state index is -2.09. The van der Waals surface area contributed by atoms with Gasteiger partial charge in [0.25, 0.3) is 17.7 Å². The number of esters is 3. The summed E-state index contributed by atoms with van der Waals surface area (Å²) in [5.74, 6) is -34.0. The van der Waals surface area contributed by atoms with Crippen molar-refractivity contribution >= 4 is 121 Å². The summed E-state index contributed by atoms with van der Waals surface area (Å²) >= 11 is 20.3. The third-order valence-corrected chi connectivity index (χ3v) is 23.6. The van der Waals surface area contributed by atoms with Crippen molar-refractivity contribution in [2.45, 2.75) is 200 Å². The molecule has 26 nitrogen and oxygen atoms in total. The number of benzene rings is 7. The number of carbonyl (C=O) groups excluding carboxylic acids is 8. The molecule has 142 heavy (non-hydrogen) atoms. The van der Waals surface area contributed by atoms with E-state index in [9.17, 15) is 91.0 Å². The Hall–Kier alpha value is -9.67. The second-order valence-corrected chi connectivity index (χ2v) is 42.7. The van der Waals surface area contributed by atoms with Crippen LogP contribution in [0, 0.1) is 69.8 Å². The van der Waals surface area contributed by atoms with E-state index in [1.54, 1.807) is 12.1 Å². The van der Waals surface area contributed by atoms with Crippen LogP contribution in [0.4, 0.5) is 68.9 Å². The summed E-state index contributed by atoms with van der Waals surface area (Å²) in [6.45, 7) is 24.6. The number of hydrogen-bond acceptors (Lipinski definition) is 25. The molecule has 0 spiro atoms. The summed E-state index contributed by atoms with van der Waals surface area (Å²) in [5, 5.41) is 31.1. The number of anilines is 2. The van der Waals surface area contributed by atoms with Crippen LogP contribution in [0.1, 0.15) is 214 Å². The fraction of sp³-hybridized carbons (Fsp3) is 0.495. The first-order valence-electron chi connectivity index (χ1n) is 46.5. The minimum Gasteiger partial charge on any atom is -0.494 e. The molecule has 0 radical (unpaired) electrons. The molecule has 2 saturated heterocycles. The quantitative estimate of drug-likeness (QED) is 0.00320. The molecular formula is C99H124F12N10O16S5. The van der Waals surface area contributed by atoms with Crippen molar-refractivity contribution in [1.82, 2.24) is 42.5 Å². The summed E-state index contributed by atoms with van der Waals surface area (Å²) in [4.78, 5) is 103. The highest BCUT2D eigenvalue weighted by Crippen LogP contribution is 2.36. The minimum absolute atomic E-state index is 0.0149. The van der Waals surface area contributed by atoms with Gasteiger partial charge < -0.3 is 91.1 Å². The molecular weight excluding hydrogens is 1970 g/mol. The zero-order valence-corrected chi connectivity index (χ0v) is 84.5. The van der Waals surface area contributed by atoms with Crippen molar-refractivity contribution < 1.29 is 129 Å². The Balaban J connectivity index is 0.000000362. The van der Waals surface area contributed by atoms with Crippen molar-refractivity contribution in [3.63, 3.8) is 0 Å². The maximum atomic E-state index is 14.5. The number of hydrogen-bond donors (Lipinski definition) is 14. The van der Waals surface area contributed by atoms with Crippen LogP contribution in [0.5, 0.6) is 28.7 Å². The molecule has 6 amide bonds. The molecule has 43 heteroatoms. The van der Waals surface area contributed by atoms with Crippen molar-refractivity contribution in [2.24, 2.45) is 0 Å². The number of halogens is 12. The van der Waals surface area contributed by atoms with Crippen LogP contribution in [0.2, 0.25) is 0 Å². The number of urea groups is 1. The van der Waals surface area contributed by atoms with Gasteiger partial charge in [-0.05, 0) is 192 Å². The van der Waals surface area contributed by atoms with Crippen LogP contribution in [-0.4, -0.2) is 207 Å². The normalized spacial score (nSPS) is 14.6. The van der Waals surface area contributed by atoms with Gasteiger partial charge in [-0.2, -0.15) is 88.6 Å². The zero-order valence-electron chi connectivity index (χ0n) is 80.1. The monoisotopic (exact) mass is 2100 g/mol. The van der Waals surface area contributed by atoms with E-state index >= 15 is 0 Å². The van der Waals surface area contributed by atoms with Gasteiger partial charge in [-0.15, -0.1) is 0 Å². The largest absolute Gasteiger partial charge is 0.494 e. The number of unbranched alkanes of at least 4 members (excludes halogenated alkanes) is 6. The number of thioether (sulfide) groups is 1. The van der Waals surface area contributed by atoms with Crippen molar-refractivity contribution in [3.8, 4) is 28.7 Å². The Bertz CT molecular complexity index is 5190. The number of carbonyl (C=O) groups is 8. The molecule has 0 bridgehead atoms. The van der Waals surface area contributed by atoms with Crippen molar-refractivity contribution in [2.75, 3.05) is 122 Å². The van der Waals surface area contributed by atoms with E-state index in [0.717, 1.165) is 146 Å². The van der Waals surface area contributed by atoms with Crippen LogP contribution in [-0.2, 0) is 19.0 Å². The molecule has 9 rings (SSSR count). The lowest BCUT2D eigenvalue weighted by molar-refractivity contribution is -0.121. The summed E-state index contributed by atoms with van der Waals surface area (Å²) < 4.78 is 211. The highest BCUT2D eigenvalue weighted by molar-refractivity contribution is 8.00. The summed E-state index contributed by atoms with van der Waals surface area (Å²) in [6, 6.07) is 18.2. The molecule has 5 unspecified atom stereocenters. The Kier molecular flexibility index (Phi) is 47.9. The molecule has 0 aliphatic carbocycles. The summed E-state index contributed by atoms with van der Waals surface area (Å²) in [7, 11) is 0. The van der Waals surface area contributed by atoms with Crippen molar-refractivity contribution in [1.29, 1.82) is 0 Å². The fourth-order valence-electron chi connectivity index (χ4n) is 14.2. The Morgan fingerprint density at radius 3 is 1.14 bits per heavy atom. The third kappa shape index (κ3) is 41.4. The lowest BCUT2D eigenvalue weighted by Crippen LogP contribution is -2.45. The molecule has 7 aromatic carbocycles. The molecule has 2 aliphatic rings. The van der Waals surface area contributed by atoms with Gasteiger partial charge in [-0.3, -0.25) is 19.2 Å². The average Bonchev–Trinajstić information content (AvgIpc) is 1.72. The first-order chi connectivity index (χ1) is 67.2. The maximum Gasteiger partial charge on any atom is 0.343 e. The molecule has 5 atom stereocenters. The van der Waals surface area contributed by atoms with Crippen LogP contribution in [0.15, 0.2) is 103 Å². The topological polar surface area (TPSA) is 331 Å². The lowest BCUT2D eigenvalue weighted by atomic mass is 10.0. The lowest BCUT2D eigenvalue weighted by Gasteiger charge is -2.26. The van der Waals surface area contributed by atoms with Gasteiger partial charge in [-0.25, -0.2) is 45.5 Å². The van der Waals surface area contributed by atoms with Crippen LogP contribution in [0.3, 0.4) is 0 Å². The van der Waals surface area contributed by atoms with Gasteiger partial charge in [-0.1, -0.05) is 38.5 Å². The highest BCUT2D eigenvalue weighted by atomic mass is 32.2. The molecule has 0 saturated carbocycles. The number of rotatable bonds is 59. The maximum absolute atomic E-state index is 14.5. The predicted molar refractivity (Wildman–Crippen MR) is 530 cm³/mol.